The van der Waals surface area contributed by atoms with Crippen LogP contribution in [0.4, 0.5) is 19.3 Å². The molecule has 0 aromatic heterocycles. The number of nitrogens with one attached hydrogen (secondary N) is 2. The number of aryl methyl sites for hydroxylation is 2. The predicted octanol–water partition coefficient (Wildman–Crippen LogP) is 5.72. The van der Waals surface area contributed by atoms with Crippen LogP contribution in [0.2, 0.25) is 0 Å². The van der Waals surface area contributed by atoms with Gasteiger partial charge in [0.15, 0.2) is 0 Å². The van der Waals surface area contributed by atoms with Gasteiger partial charge < -0.3 is 15.2 Å². The van der Waals surface area contributed by atoms with Gasteiger partial charge in [0, 0.05) is 30.8 Å². The van der Waals surface area contributed by atoms with Crippen LogP contribution in [-0.2, 0) is 24.0 Å². The van der Waals surface area contributed by atoms with Gasteiger partial charge >= 0.3 is 6.09 Å². The number of hydrogen-bond donors (Lipinski definition) is 3. The van der Waals surface area contributed by atoms with Crippen LogP contribution < -0.4 is 10.6 Å². The second-order valence-electron chi connectivity index (χ2n) is 9.22. The molecule has 3 atom stereocenters. The highest BCUT2D eigenvalue weighted by Gasteiger charge is 2.27. The number of aliphatic hydroxyl groups excluding tert-OH is 1. The van der Waals surface area contributed by atoms with Gasteiger partial charge in [-0.05, 0) is 72.2 Å². The minimum atomic E-state index is -1.10. The summed E-state index contributed by atoms with van der Waals surface area (Å²) in [6, 6.07) is 18.5. The minimum absolute atomic E-state index is 0.0407. The third-order valence-corrected chi connectivity index (χ3v) is 6.57. The van der Waals surface area contributed by atoms with Gasteiger partial charge in [0.25, 0.3) is 0 Å². The van der Waals surface area contributed by atoms with Gasteiger partial charge in [-0.1, -0.05) is 43.3 Å². The van der Waals surface area contributed by atoms with Gasteiger partial charge in [-0.3, -0.25) is 5.32 Å². The third-order valence-electron chi connectivity index (χ3n) is 6.57. The molecule has 0 fully saturated rings. The summed E-state index contributed by atoms with van der Waals surface area (Å²) in [6.07, 6.45) is 1.02. The van der Waals surface area contributed by atoms with Crippen molar-refractivity contribution >= 4 is 11.8 Å². The average molecular weight is 495 g/mol. The molecule has 1 aliphatic rings. The number of benzene rings is 3. The van der Waals surface area contributed by atoms with Crippen molar-refractivity contribution in [1.82, 2.24) is 5.32 Å². The lowest BCUT2D eigenvalue weighted by Crippen LogP contribution is -2.42. The molecular formula is C29H32F2N2O3. The SMILES string of the molecule is CCc1ccc2c(c1)[C@@H](NC[C@@H](O)[C@H](Cc1cc(F)cc(F)c1)OC(=O)Nc1ccccc1)CCC2. The van der Waals surface area contributed by atoms with E-state index in [9.17, 15) is 18.7 Å². The number of carbonyl (C=O) groups is 1. The van der Waals surface area contributed by atoms with Crippen molar-refractivity contribution in [2.24, 2.45) is 0 Å². The van der Waals surface area contributed by atoms with E-state index in [1.54, 1.807) is 24.3 Å². The molecule has 36 heavy (non-hydrogen) atoms. The van der Waals surface area contributed by atoms with Crippen LogP contribution in [-0.4, -0.2) is 30.0 Å². The summed E-state index contributed by atoms with van der Waals surface area (Å²) in [7, 11) is 0. The van der Waals surface area contributed by atoms with E-state index in [1.165, 1.54) is 28.8 Å². The quantitative estimate of drug-likeness (QED) is 0.356. The van der Waals surface area contributed by atoms with E-state index in [-0.39, 0.29) is 19.0 Å². The maximum absolute atomic E-state index is 13.8. The van der Waals surface area contributed by atoms with Gasteiger partial charge in [-0.25, -0.2) is 13.6 Å². The number of hydrogen-bond acceptors (Lipinski definition) is 4. The maximum atomic E-state index is 13.8. The third kappa shape index (κ3) is 6.89. The Kier molecular flexibility index (Phi) is 8.67. The standard InChI is InChI=1S/C29H32F2N2O3/c1-2-19-11-12-21-7-6-10-26(25(21)15-19)32-18-27(34)28(16-20-13-22(30)17-23(31)14-20)36-29(35)33-24-8-4-3-5-9-24/h3-5,8-9,11-15,17,26-28,32,34H,2,6-7,10,16,18H2,1H3,(H,33,35)/t26-,27+,28-/m0/s1. The fraction of sp³-hybridized carbons (Fsp3) is 0.345. The summed E-state index contributed by atoms with van der Waals surface area (Å²) in [5, 5.41) is 17.1. The van der Waals surface area contributed by atoms with E-state index in [2.05, 4.69) is 35.8 Å². The van der Waals surface area contributed by atoms with Crippen molar-refractivity contribution in [2.75, 3.05) is 11.9 Å². The molecule has 190 valence electrons. The van der Waals surface area contributed by atoms with Gasteiger partial charge in [-0.15, -0.1) is 0 Å². The Morgan fingerprint density at radius 1 is 1.06 bits per heavy atom. The van der Waals surface area contributed by atoms with Crippen LogP contribution in [0.5, 0.6) is 0 Å². The molecule has 0 bridgehead atoms. The van der Waals surface area contributed by atoms with Gasteiger partial charge in [0.05, 0.1) is 0 Å². The van der Waals surface area contributed by atoms with Gasteiger partial charge in [0.2, 0.25) is 0 Å². The van der Waals surface area contributed by atoms with Crippen LogP contribution in [0, 0.1) is 11.6 Å². The molecule has 1 amide bonds. The highest BCUT2D eigenvalue weighted by molar-refractivity contribution is 5.84. The van der Waals surface area contributed by atoms with Crippen molar-refractivity contribution in [3.63, 3.8) is 0 Å². The first-order valence-corrected chi connectivity index (χ1v) is 12.4. The lowest BCUT2D eigenvalue weighted by atomic mass is 9.86. The summed E-state index contributed by atoms with van der Waals surface area (Å²) in [5.41, 5.74) is 4.63. The lowest BCUT2D eigenvalue weighted by Gasteiger charge is -2.30. The Hall–Kier alpha value is -3.29. The minimum Gasteiger partial charge on any atom is -0.443 e. The van der Waals surface area contributed by atoms with Crippen LogP contribution in [0.15, 0.2) is 66.7 Å². The van der Waals surface area contributed by atoms with Crippen molar-refractivity contribution in [1.29, 1.82) is 0 Å². The molecule has 5 nitrogen and oxygen atoms in total. The van der Waals surface area contributed by atoms with E-state index in [0.717, 1.165) is 31.7 Å². The number of halogens is 2. The Labute approximate surface area is 210 Å². The molecule has 7 heteroatoms. The number of amides is 1. The summed E-state index contributed by atoms with van der Waals surface area (Å²) < 4.78 is 33.1. The number of fused-ring (bicyclic) bond motifs is 1. The van der Waals surface area contributed by atoms with Crippen LogP contribution in [0.25, 0.3) is 0 Å². The fourth-order valence-electron chi connectivity index (χ4n) is 4.70. The van der Waals surface area contributed by atoms with Crippen molar-refractivity contribution in [2.45, 2.75) is 57.3 Å². The van der Waals surface area contributed by atoms with E-state index in [4.69, 9.17) is 4.74 Å². The largest absolute Gasteiger partial charge is 0.443 e. The van der Waals surface area contributed by atoms with Crippen LogP contribution >= 0.6 is 0 Å². The Bertz CT molecular complexity index is 1150. The average Bonchev–Trinajstić information content (AvgIpc) is 2.86. The smallest absolute Gasteiger partial charge is 0.411 e. The first-order valence-electron chi connectivity index (χ1n) is 12.4. The zero-order valence-electron chi connectivity index (χ0n) is 20.3. The van der Waals surface area contributed by atoms with E-state index >= 15 is 0 Å². The number of aliphatic hydroxyl groups is 1. The van der Waals surface area contributed by atoms with Gasteiger partial charge in [-0.2, -0.15) is 0 Å². The molecule has 4 rings (SSSR count). The molecule has 3 N–H and O–H groups in total. The number of rotatable bonds is 9. The predicted molar refractivity (Wildman–Crippen MR) is 136 cm³/mol. The Balaban J connectivity index is 1.47. The Morgan fingerprint density at radius 3 is 2.53 bits per heavy atom. The Morgan fingerprint density at radius 2 is 1.81 bits per heavy atom. The summed E-state index contributed by atoms with van der Waals surface area (Å²) in [4.78, 5) is 12.6. The highest BCUT2D eigenvalue weighted by atomic mass is 19.1. The second-order valence-corrected chi connectivity index (χ2v) is 9.22. The number of para-hydroxylation sites is 1. The van der Waals surface area contributed by atoms with Gasteiger partial charge in [0.1, 0.15) is 23.8 Å². The molecule has 0 saturated carbocycles. The zero-order chi connectivity index (χ0) is 25.5. The monoisotopic (exact) mass is 494 g/mol. The molecule has 3 aromatic carbocycles. The molecule has 3 aromatic rings. The zero-order valence-corrected chi connectivity index (χ0v) is 20.3. The van der Waals surface area contributed by atoms with Crippen molar-refractivity contribution in [3.05, 3.63) is 101 Å². The summed E-state index contributed by atoms with van der Waals surface area (Å²) in [6.45, 7) is 2.27. The molecule has 0 heterocycles. The number of carbonyl (C=O) groups excluding carboxylic acids is 1. The van der Waals surface area contributed by atoms with Crippen LogP contribution in [0.3, 0.4) is 0 Å². The molecule has 1 aliphatic carbocycles. The maximum Gasteiger partial charge on any atom is 0.411 e. The summed E-state index contributed by atoms with van der Waals surface area (Å²) in [5.74, 6) is -1.45. The number of anilines is 1. The second kappa shape index (κ2) is 12.1. The first kappa shape index (κ1) is 25.8. The molecule has 0 unspecified atom stereocenters. The van der Waals surface area contributed by atoms with E-state index in [0.29, 0.717) is 11.3 Å². The fourth-order valence-corrected chi connectivity index (χ4v) is 4.70. The van der Waals surface area contributed by atoms with E-state index < -0.39 is 29.9 Å². The van der Waals surface area contributed by atoms with Crippen LogP contribution in [0.1, 0.15) is 48.1 Å². The summed E-state index contributed by atoms with van der Waals surface area (Å²) >= 11 is 0. The van der Waals surface area contributed by atoms with E-state index in [1.807, 2.05) is 6.07 Å². The van der Waals surface area contributed by atoms with Crippen molar-refractivity contribution in [3.8, 4) is 0 Å². The first-order chi connectivity index (χ1) is 17.4. The van der Waals surface area contributed by atoms with Crippen molar-refractivity contribution < 1.29 is 23.4 Å². The topological polar surface area (TPSA) is 70.6 Å². The normalized spacial score (nSPS) is 16.6. The molecule has 0 radical (unpaired) electrons. The molecule has 0 aliphatic heterocycles. The lowest BCUT2D eigenvalue weighted by molar-refractivity contribution is 0.00770. The molecule has 0 spiro atoms. The molecule has 0 saturated heterocycles. The molecular weight excluding hydrogens is 462 g/mol. The highest BCUT2D eigenvalue weighted by Crippen LogP contribution is 2.31. The number of ether oxygens (including phenoxy) is 1.